The molecule has 1 amide bonds. The summed E-state index contributed by atoms with van der Waals surface area (Å²) in [6, 6.07) is 10.4. The molecular weight excluding hydrogens is 524 g/mol. The summed E-state index contributed by atoms with van der Waals surface area (Å²) in [6.45, 7) is 4.32. The predicted molar refractivity (Wildman–Crippen MR) is 137 cm³/mol. The molecule has 11 nitrogen and oxygen atoms in total. The number of esters is 1. The second kappa shape index (κ2) is 13.0. The minimum absolute atomic E-state index is 0.0314. The maximum atomic E-state index is 11.7. The zero-order valence-electron chi connectivity index (χ0n) is 20.0. The van der Waals surface area contributed by atoms with Crippen LogP contribution in [0.3, 0.4) is 0 Å². The van der Waals surface area contributed by atoms with E-state index >= 15 is 0 Å². The topological polar surface area (TPSA) is 156 Å². The van der Waals surface area contributed by atoms with Crippen LogP contribution >= 0.6 is 22.9 Å². The maximum absolute atomic E-state index is 11.7. The monoisotopic (exact) mass is 548 g/mol. The summed E-state index contributed by atoms with van der Waals surface area (Å²) in [5, 5.41) is 14.3. The van der Waals surface area contributed by atoms with Crippen molar-refractivity contribution in [2.24, 2.45) is 5.73 Å². The van der Waals surface area contributed by atoms with Crippen molar-refractivity contribution in [3.63, 3.8) is 0 Å². The molecule has 2 heterocycles. The Morgan fingerprint density at radius 1 is 1.27 bits per heavy atom. The van der Waals surface area contributed by atoms with Crippen LogP contribution in [0.25, 0.3) is 0 Å². The molecule has 196 valence electrons. The number of carbonyl (C=O) groups is 2. The molecule has 1 aliphatic heterocycles. The lowest BCUT2D eigenvalue weighted by atomic mass is 9.99. The third-order valence-corrected chi connectivity index (χ3v) is 6.08. The van der Waals surface area contributed by atoms with Gasteiger partial charge in [0, 0.05) is 40.6 Å². The highest BCUT2D eigenvalue weighted by Crippen LogP contribution is 2.37. The first kappa shape index (κ1) is 27.8. The number of fused-ring (bicyclic) bond motifs is 1. The van der Waals surface area contributed by atoms with Gasteiger partial charge in [-0.2, -0.15) is 0 Å². The number of aromatic nitrogens is 1. The van der Waals surface area contributed by atoms with Crippen LogP contribution in [0.5, 0.6) is 11.5 Å². The van der Waals surface area contributed by atoms with Crippen LogP contribution in [0.4, 0.5) is 10.5 Å². The van der Waals surface area contributed by atoms with Crippen molar-refractivity contribution in [1.29, 1.82) is 0 Å². The molecule has 1 aliphatic rings. The minimum atomic E-state index is -0.950. The number of carbonyl (C=O) groups excluding carboxylic acids is 2. The second-order valence-electron chi connectivity index (χ2n) is 7.98. The van der Waals surface area contributed by atoms with Crippen LogP contribution in [-0.4, -0.2) is 41.2 Å². The lowest BCUT2D eigenvalue weighted by Crippen LogP contribution is -2.30. The molecule has 0 saturated carbocycles. The number of nitrogens with one attached hydrogen (secondary N) is 1. The number of nitrogens with zero attached hydrogens (tertiary/aromatic N) is 2. The number of primary amides is 1. The molecular formula is C24H25ClN4O7S. The Morgan fingerprint density at radius 2 is 2.00 bits per heavy atom. The molecule has 1 aromatic heterocycles. The van der Waals surface area contributed by atoms with E-state index in [0.717, 1.165) is 29.1 Å². The second-order valence-corrected chi connectivity index (χ2v) is 9.30. The van der Waals surface area contributed by atoms with Gasteiger partial charge in [-0.1, -0.05) is 11.6 Å². The first-order valence-corrected chi connectivity index (χ1v) is 12.4. The number of rotatable bonds is 7. The quantitative estimate of drug-likeness (QED) is 0.248. The lowest BCUT2D eigenvalue weighted by Gasteiger charge is -2.25. The third kappa shape index (κ3) is 8.13. The summed E-state index contributed by atoms with van der Waals surface area (Å²) in [5.74, 6) is 0.415. The van der Waals surface area contributed by atoms with Gasteiger partial charge in [0.1, 0.15) is 11.5 Å². The van der Waals surface area contributed by atoms with E-state index in [9.17, 15) is 19.7 Å². The highest BCUT2D eigenvalue weighted by atomic mass is 35.5. The number of amides is 1. The number of hydrogen-bond donors (Lipinski definition) is 2. The first-order valence-electron chi connectivity index (χ1n) is 11.1. The van der Waals surface area contributed by atoms with E-state index < -0.39 is 11.0 Å². The minimum Gasteiger partial charge on any atom is -0.482 e. The number of thiazole rings is 1. The van der Waals surface area contributed by atoms with Crippen molar-refractivity contribution >= 4 is 40.7 Å². The third-order valence-electron chi connectivity index (χ3n) is 4.91. The van der Waals surface area contributed by atoms with Gasteiger partial charge in [-0.05, 0) is 44.2 Å². The number of hydrogen-bond acceptors (Lipinski definition) is 10. The average molecular weight is 549 g/mol. The summed E-state index contributed by atoms with van der Waals surface area (Å²) in [6.07, 6.45) is -0.202. The predicted octanol–water partition coefficient (Wildman–Crippen LogP) is 4.41. The summed E-state index contributed by atoms with van der Waals surface area (Å²) < 4.78 is 15.3. The van der Waals surface area contributed by atoms with Gasteiger partial charge in [0.15, 0.2) is 6.61 Å². The highest BCUT2D eigenvalue weighted by molar-refractivity contribution is 7.09. The molecule has 4 rings (SSSR count). The molecule has 0 aliphatic carbocycles. The van der Waals surface area contributed by atoms with Crippen LogP contribution in [0, 0.1) is 10.1 Å². The van der Waals surface area contributed by atoms with Crippen LogP contribution in [0.2, 0.25) is 5.02 Å². The Hall–Kier alpha value is -3.74. The van der Waals surface area contributed by atoms with Crippen LogP contribution in [-0.2, 0) is 16.0 Å². The zero-order valence-corrected chi connectivity index (χ0v) is 21.6. The number of nitro groups is 1. The van der Waals surface area contributed by atoms with Crippen molar-refractivity contribution in [2.45, 2.75) is 32.4 Å². The number of nitro benzene ring substituents is 1. The van der Waals surface area contributed by atoms with E-state index in [1.165, 1.54) is 24.3 Å². The standard InChI is InChI=1S/C17H19ClN2O3S.C7H6N2O4/c1-10(2)23-15(21)8-22-14-4-3-11(18)7-12(14)16-17-13(5-6-19-16)20-9-24-17;8-7(10)13-6-3-1-5(2-4-6)9(11)12/h3-4,7,9-10,16,19H,5-6,8H2,1-2H3;1-4H,(H2,8,10). The number of nitrogens with two attached hydrogens (primary N) is 1. The largest absolute Gasteiger partial charge is 0.482 e. The number of non-ortho nitro benzene ring substituents is 1. The van der Waals surface area contributed by atoms with Gasteiger partial charge < -0.3 is 25.3 Å². The van der Waals surface area contributed by atoms with E-state index in [2.05, 4.69) is 15.0 Å². The van der Waals surface area contributed by atoms with Crippen LogP contribution < -0.4 is 20.5 Å². The van der Waals surface area contributed by atoms with Gasteiger partial charge in [0.25, 0.3) is 5.69 Å². The van der Waals surface area contributed by atoms with Gasteiger partial charge in [0.05, 0.1) is 28.3 Å². The number of benzene rings is 2. The molecule has 0 radical (unpaired) electrons. The first-order chi connectivity index (χ1) is 17.6. The van der Waals surface area contributed by atoms with Gasteiger partial charge in [0.2, 0.25) is 0 Å². The molecule has 0 saturated heterocycles. The summed E-state index contributed by atoms with van der Waals surface area (Å²) >= 11 is 7.79. The van der Waals surface area contributed by atoms with Crippen molar-refractivity contribution in [2.75, 3.05) is 13.2 Å². The normalized spacial score (nSPS) is 14.1. The van der Waals surface area contributed by atoms with Gasteiger partial charge in [-0.3, -0.25) is 10.1 Å². The smallest absolute Gasteiger partial charge is 0.409 e. The summed E-state index contributed by atoms with van der Waals surface area (Å²) in [4.78, 5) is 37.2. The van der Waals surface area contributed by atoms with Crippen molar-refractivity contribution in [1.82, 2.24) is 10.3 Å². The Kier molecular flexibility index (Phi) is 9.78. The maximum Gasteiger partial charge on any atom is 0.409 e. The van der Waals surface area contributed by atoms with E-state index in [4.69, 9.17) is 26.8 Å². The number of halogens is 1. The molecule has 1 atom stereocenters. The van der Waals surface area contributed by atoms with E-state index in [1.54, 1.807) is 23.5 Å². The Morgan fingerprint density at radius 3 is 2.65 bits per heavy atom. The molecule has 0 spiro atoms. The molecule has 0 bridgehead atoms. The molecule has 1 unspecified atom stereocenters. The number of ether oxygens (including phenoxy) is 3. The highest BCUT2D eigenvalue weighted by Gasteiger charge is 2.27. The van der Waals surface area contributed by atoms with Gasteiger partial charge in [-0.15, -0.1) is 11.3 Å². The molecule has 2 aromatic carbocycles. The molecule has 3 N–H and O–H groups in total. The van der Waals surface area contributed by atoms with Crippen LogP contribution in [0.1, 0.15) is 36.0 Å². The molecule has 13 heteroatoms. The van der Waals surface area contributed by atoms with E-state index in [0.29, 0.717) is 10.8 Å². The lowest BCUT2D eigenvalue weighted by molar-refractivity contribution is -0.384. The SMILES string of the molecule is CC(C)OC(=O)COc1ccc(Cl)cc1C1NCCc2ncsc21.NC(=O)Oc1ccc([N+](=O)[O-])cc1. The van der Waals surface area contributed by atoms with Crippen LogP contribution in [0.15, 0.2) is 48.0 Å². The average Bonchev–Trinajstić information content (AvgIpc) is 3.32. The Bertz CT molecular complexity index is 1250. The van der Waals surface area contributed by atoms with E-state index in [-0.39, 0.29) is 36.2 Å². The van der Waals surface area contributed by atoms with Gasteiger partial charge >= 0.3 is 12.1 Å². The fraction of sp³-hybridized carbons (Fsp3) is 0.292. The van der Waals surface area contributed by atoms with Gasteiger partial charge in [-0.25, -0.2) is 14.6 Å². The zero-order chi connectivity index (χ0) is 26.9. The molecule has 3 aromatic rings. The van der Waals surface area contributed by atoms with E-state index in [1.807, 2.05) is 25.4 Å². The fourth-order valence-electron chi connectivity index (χ4n) is 3.44. The van der Waals surface area contributed by atoms with Crippen molar-refractivity contribution < 1.29 is 28.7 Å². The fourth-order valence-corrected chi connectivity index (χ4v) is 4.55. The van der Waals surface area contributed by atoms with Crippen molar-refractivity contribution in [3.8, 4) is 11.5 Å². The Balaban J connectivity index is 0.000000248. The molecule has 37 heavy (non-hydrogen) atoms. The summed E-state index contributed by atoms with van der Waals surface area (Å²) in [5.41, 5.74) is 8.52. The van der Waals surface area contributed by atoms with Crippen molar-refractivity contribution in [3.05, 3.63) is 79.2 Å². The Labute approximate surface area is 221 Å². The molecule has 0 fully saturated rings. The summed E-state index contributed by atoms with van der Waals surface area (Å²) in [7, 11) is 0.